The van der Waals surface area contributed by atoms with Gasteiger partial charge in [0.1, 0.15) is 18.4 Å². The first-order valence-corrected chi connectivity index (χ1v) is 7.10. The maximum Gasteiger partial charge on any atom is 0.328 e. The van der Waals surface area contributed by atoms with Crippen LogP contribution in [0.1, 0.15) is 6.92 Å². The summed E-state index contributed by atoms with van der Waals surface area (Å²) in [6.07, 6.45) is -0.358. The molecule has 0 radical (unpaired) electrons. The van der Waals surface area contributed by atoms with Gasteiger partial charge in [0.25, 0.3) is 6.48 Å². The summed E-state index contributed by atoms with van der Waals surface area (Å²) in [6.45, 7) is 4.50. The first-order chi connectivity index (χ1) is 11.0. The molecule has 3 unspecified atom stereocenters. The number of nitrogens with one attached hydrogen (secondary N) is 1. The molecule has 23 heavy (non-hydrogen) atoms. The quantitative estimate of drug-likeness (QED) is 0.682. The van der Waals surface area contributed by atoms with Crippen molar-refractivity contribution >= 4 is 6.03 Å². The Morgan fingerprint density at radius 3 is 2.87 bits per heavy atom. The van der Waals surface area contributed by atoms with Crippen molar-refractivity contribution in [2.24, 2.45) is 0 Å². The van der Waals surface area contributed by atoms with Gasteiger partial charge in [0, 0.05) is 7.11 Å². The molecule has 0 aliphatic carbocycles. The molecule has 1 fully saturated rings. The molecule has 0 aromatic carbocycles. The van der Waals surface area contributed by atoms with Crippen LogP contribution in [0.5, 0.6) is 0 Å². The number of ether oxygens (including phenoxy) is 5. The van der Waals surface area contributed by atoms with Gasteiger partial charge in [0.15, 0.2) is 5.76 Å². The number of hydrogen-bond donors (Lipinski definition) is 2. The average molecular weight is 330 g/mol. The Balaban J connectivity index is 2.01. The van der Waals surface area contributed by atoms with E-state index in [1.807, 2.05) is 0 Å². The number of nitrogens with zero attached hydrogens (tertiary/aromatic N) is 1. The van der Waals surface area contributed by atoms with Crippen molar-refractivity contribution in [1.29, 1.82) is 0 Å². The van der Waals surface area contributed by atoms with E-state index in [2.05, 4.69) is 11.9 Å². The second kappa shape index (κ2) is 7.75. The third-order valence-corrected chi connectivity index (χ3v) is 3.50. The molecule has 4 atom stereocenters. The summed E-state index contributed by atoms with van der Waals surface area (Å²) in [5.74, 6) is 0.417. The molecule has 2 amide bonds. The molecular formula is C14H22N2O7. The van der Waals surface area contributed by atoms with Crippen LogP contribution in [-0.4, -0.2) is 68.4 Å². The Hall–Kier alpha value is -1.65. The largest absolute Gasteiger partial charge is 0.493 e. The van der Waals surface area contributed by atoms with Crippen LogP contribution < -0.4 is 5.32 Å². The molecule has 0 bridgehead atoms. The van der Waals surface area contributed by atoms with Crippen LogP contribution in [0.3, 0.4) is 0 Å². The zero-order valence-electron chi connectivity index (χ0n) is 13.4. The van der Waals surface area contributed by atoms with E-state index in [9.17, 15) is 9.90 Å². The summed E-state index contributed by atoms with van der Waals surface area (Å²) in [5.41, 5.74) is 0.370. The SMILES string of the molecule is C=C1NC(=O)N(C(C)O[C@H](CO)C2COC(OC)O2)C=C1OC. The molecule has 1 saturated heterocycles. The Morgan fingerprint density at radius 2 is 2.30 bits per heavy atom. The van der Waals surface area contributed by atoms with E-state index in [4.69, 9.17) is 23.7 Å². The van der Waals surface area contributed by atoms with Gasteiger partial charge in [-0.2, -0.15) is 0 Å². The van der Waals surface area contributed by atoms with Crippen LogP contribution in [0, 0.1) is 0 Å². The lowest BCUT2D eigenvalue weighted by atomic mass is 10.2. The molecule has 2 rings (SSSR count). The highest BCUT2D eigenvalue weighted by Crippen LogP contribution is 2.21. The summed E-state index contributed by atoms with van der Waals surface area (Å²) >= 11 is 0. The Kier molecular flexibility index (Phi) is 5.97. The molecule has 0 spiro atoms. The highest BCUT2D eigenvalue weighted by molar-refractivity contribution is 5.79. The molecule has 0 aromatic heterocycles. The van der Waals surface area contributed by atoms with Crippen LogP contribution in [0.4, 0.5) is 4.79 Å². The fourth-order valence-corrected chi connectivity index (χ4v) is 2.24. The number of carbonyl (C=O) groups is 1. The summed E-state index contributed by atoms with van der Waals surface area (Å²) < 4.78 is 26.5. The molecule has 2 N–H and O–H groups in total. The molecular weight excluding hydrogens is 308 g/mol. The number of aliphatic hydroxyl groups is 1. The number of hydrogen-bond acceptors (Lipinski definition) is 7. The van der Waals surface area contributed by atoms with Gasteiger partial charge >= 0.3 is 6.03 Å². The second-order valence-corrected chi connectivity index (χ2v) is 5.00. The molecule has 130 valence electrons. The van der Waals surface area contributed by atoms with Gasteiger partial charge in [-0.3, -0.25) is 4.90 Å². The number of rotatable bonds is 7. The molecule has 2 aliphatic heterocycles. The smallest absolute Gasteiger partial charge is 0.328 e. The number of amides is 2. The first kappa shape index (κ1) is 17.7. The van der Waals surface area contributed by atoms with Crippen molar-refractivity contribution in [3.05, 3.63) is 24.2 Å². The fraction of sp³-hybridized carbons (Fsp3) is 0.643. The van der Waals surface area contributed by atoms with Gasteiger partial charge in [-0.25, -0.2) is 4.79 Å². The lowest BCUT2D eigenvalue weighted by Gasteiger charge is -2.33. The van der Waals surface area contributed by atoms with E-state index in [1.165, 1.54) is 25.3 Å². The van der Waals surface area contributed by atoms with Crippen LogP contribution in [0.15, 0.2) is 24.2 Å². The number of urea groups is 1. The highest BCUT2D eigenvalue weighted by Gasteiger charge is 2.36. The van der Waals surface area contributed by atoms with E-state index in [-0.39, 0.29) is 13.2 Å². The van der Waals surface area contributed by atoms with E-state index in [0.29, 0.717) is 11.5 Å². The predicted octanol–water partition coefficient (Wildman–Crippen LogP) is 0.0820. The first-order valence-electron chi connectivity index (χ1n) is 7.10. The highest BCUT2D eigenvalue weighted by atomic mass is 16.9. The van der Waals surface area contributed by atoms with Gasteiger partial charge in [0.05, 0.1) is 32.2 Å². The molecule has 0 aromatic rings. The van der Waals surface area contributed by atoms with Gasteiger partial charge in [0.2, 0.25) is 0 Å². The van der Waals surface area contributed by atoms with E-state index in [0.717, 1.165) is 0 Å². The van der Waals surface area contributed by atoms with Crippen LogP contribution in [-0.2, 0) is 23.7 Å². The molecule has 9 nitrogen and oxygen atoms in total. The molecule has 2 heterocycles. The molecule has 2 aliphatic rings. The van der Waals surface area contributed by atoms with Crippen LogP contribution in [0.2, 0.25) is 0 Å². The zero-order valence-corrected chi connectivity index (χ0v) is 13.4. The van der Waals surface area contributed by atoms with Crippen molar-refractivity contribution < 1.29 is 33.6 Å². The minimum Gasteiger partial charge on any atom is -0.493 e. The van der Waals surface area contributed by atoms with Gasteiger partial charge in [-0.15, -0.1) is 0 Å². The lowest BCUT2D eigenvalue weighted by molar-refractivity contribution is -0.235. The minimum absolute atomic E-state index is 0.221. The fourth-order valence-electron chi connectivity index (χ4n) is 2.24. The third kappa shape index (κ3) is 4.01. The number of aliphatic hydroxyl groups excluding tert-OH is 1. The Bertz CT molecular complexity index is 482. The van der Waals surface area contributed by atoms with Crippen molar-refractivity contribution in [3.63, 3.8) is 0 Å². The number of carbonyl (C=O) groups excluding carboxylic acids is 1. The van der Waals surface area contributed by atoms with Crippen LogP contribution >= 0.6 is 0 Å². The van der Waals surface area contributed by atoms with Crippen molar-refractivity contribution in [3.8, 4) is 0 Å². The summed E-state index contributed by atoms with van der Waals surface area (Å²) in [7, 11) is 2.93. The summed E-state index contributed by atoms with van der Waals surface area (Å²) in [4.78, 5) is 13.3. The normalized spacial score (nSPS) is 27.5. The molecule has 9 heteroatoms. The van der Waals surface area contributed by atoms with Crippen molar-refractivity contribution in [2.75, 3.05) is 27.4 Å². The van der Waals surface area contributed by atoms with Gasteiger partial charge in [-0.05, 0) is 6.92 Å². The van der Waals surface area contributed by atoms with Crippen molar-refractivity contribution in [1.82, 2.24) is 10.2 Å². The standard InChI is InChI=1S/C14H22N2O7/c1-8-10(19-3)5-16(13(18)15-8)9(2)22-11(6-17)12-7-21-14(20-4)23-12/h5,9,11-12,14,17H,1,6-7H2,2-4H3,(H,15,18)/t9?,11-,12?,14?/m1/s1. The van der Waals surface area contributed by atoms with E-state index in [1.54, 1.807) is 6.92 Å². The minimum atomic E-state index is -0.783. The zero-order chi connectivity index (χ0) is 17.0. The predicted molar refractivity (Wildman–Crippen MR) is 77.6 cm³/mol. The Labute approximate surface area is 134 Å². The lowest BCUT2D eigenvalue weighted by Crippen LogP contribution is -2.49. The monoisotopic (exact) mass is 330 g/mol. The van der Waals surface area contributed by atoms with Gasteiger partial charge in [-0.1, -0.05) is 6.58 Å². The maximum atomic E-state index is 12.0. The Morgan fingerprint density at radius 1 is 1.57 bits per heavy atom. The maximum absolute atomic E-state index is 12.0. The average Bonchev–Trinajstić information content (AvgIpc) is 3.01. The van der Waals surface area contributed by atoms with E-state index >= 15 is 0 Å². The summed E-state index contributed by atoms with van der Waals surface area (Å²) in [5, 5.41) is 12.1. The molecule has 0 saturated carbocycles. The van der Waals surface area contributed by atoms with Crippen LogP contribution in [0.25, 0.3) is 0 Å². The summed E-state index contributed by atoms with van der Waals surface area (Å²) in [6, 6.07) is -0.404. The number of methoxy groups -OCH3 is 2. The topological polar surface area (TPSA) is 98.7 Å². The van der Waals surface area contributed by atoms with Gasteiger partial charge < -0.3 is 34.1 Å². The second-order valence-electron chi connectivity index (χ2n) is 5.00. The van der Waals surface area contributed by atoms with E-state index < -0.39 is 30.9 Å². The third-order valence-electron chi connectivity index (χ3n) is 3.50. The van der Waals surface area contributed by atoms with Crippen molar-refractivity contribution in [2.45, 2.75) is 31.8 Å².